The molecule has 0 amide bonds. The van der Waals surface area contributed by atoms with Crippen LogP contribution in [-0.4, -0.2) is 17.2 Å². The molecule has 1 atom stereocenters. The van der Waals surface area contributed by atoms with Gasteiger partial charge in [-0.15, -0.1) is 0 Å². The number of esters is 1. The zero-order valence-electron chi connectivity index (χ0n) is 8.64. The van der Waals surface area contributed by atoms with Crippen molar-refractivity contribution >= 4 is 5.97 Å². The number of benzene rings is 1. The first-order valence-corrected chi connectivity index (χ1v) is 4.72. The van der Waals surface area contributed by atoms with Crippen molar-refractivity contribution in [3.63, 3.8) is 0 Å². The fourth-order valence-corrected chi connectivity index (χ4v) is 1.14. The largest absolute Gasteiger partial charge is 0.428 e. The molecule has 0 aliphatic heterocycles. The molecule has 0 aliphatic carbocycles. The Kier molecular flexibility index (Phi) is 4.06. The number of aliphatic hydroxyl groups is 1. The van der Waals surface area contributed by atoms with Gasteiger partial charge < -0.3 is 9.84 Å². The van der Waals surface area contributed by atoms with Gasteiger partial charge in [0.25, 0.3) is 0 Å². The fraction of sp³-hybridized carbons (Fsp3) is 0.250. The van der Waals surface area contributed by atoms with Crippen LogP contribution in [0.25, 0.3) is 0 Å². The van der Waals surface area contributed by atoms with Crippen molar-refractivity contribution in [3.05, 3.63) is 48.2 Å². The van der Waals surface area contributed by atoms with E-state index in [1.807, 2.05) is 6.07 Å². The van der Waals surface area contributed by atoms with Gasteiger partial charge in [-0.1, -0.05) is 24.8 Å². The number of ether oxygens (including phenoxy) is 1. The summed E-state index contributed by atoms with van der Waals surface area (Å²) in [7, 11) is 0. The molecule has 0 saturated heterocycles. The third-order valence-corrected chi connectivity index (χ3v) is 1.77. The second kappa shape index (κ2) is 5.32. The Balaban J connectivity index is 2.53. The van der Waals surface area contributed by atoms with Gasteiger partial charge in [-0.25, -0.2) is 4.79 Å². The van der Waals surface area contributed by atoms with Crippen LogP contribution in [0.3, 0.4) is 0 Å². The first-order valence-electron chi connectivity index (χ1n) is 4.72. The second-order valence-electron chi connectivity index (χ2n) is 3.35. The molecule has 1 aromatic carbocycles. The van der Waals surface area contributed by atoms with E-state index in [0.717, 1.165) is 0 Å². The molecule has 0 bridgehead atoms. The zero-order valence-corrected chi connectivity index (χ0v) is 8.64. The predicted octanol–water partition coefficient (Wildman–Crippen LogP) is 2.13. The van der Waals surface area contributed by atoms with Crippen LogP contribution in [0.2, 0.25) is 0 Å². The van der Waals surface area contributed by atoms with E-state index < -0.39 is 12.1 Å². The lowest BCUT2D eigenvalue weighted by Crippen LogP contribution is -2.08. The van der Waals surface area contributed by atoms with E-state index in [-0.39, 0.29) is 12.2 Å². The van der Waals surface area contributed by atoms with Gasteiger partial charge in [0, 0.05) is 6.42 Å². The Hall–Kier alpha value is -1.61. The highest BCUT2D eigenvalue weighted by atomic mass is 16.5. The van der Waals surface area contributed by atoms with E-state index in [9.17, 15) is 4.79 Å². The summed E-state index contributed by atoms with van der Waals surface area (Å²) in [6, 6.07) is 8.67. The highest BCUT2D eigenvalue weighted by Gasteiger charge is 2.09. The average Bonchev–Trinajstić information content (AvgIpc) is 2.17. The van der Waals surface area contributed by atoms with Gasteiger partial charge in [-0.3, -0.25) is 0 Å². The fourth-order valence-electron chi connectivity index (χ4n) is 1.14. The number of carbonyl (C=O) groups excluding carboxylic acids is 1. The van der Waals surface area contributed by atoms with Gasteiger partial charge in [-0.05, 0) is 19.1 Å². The molecular weight excluding hydrogens is 192 g/mol. The summed E-state index contributed by atoms with van der Waals surface area (Å²) in [6.45, 7) is 5.17. The average molecular weight is 206 g/mol. The predicted molar refractivity (Wildman–Crippen MR) is 57.3 cm³/mol. The summed E-state index contributed by atoms with van der Waals surface area (Å²) < 4.78 is 4.95. The van der Waals surface area contributed by atoms with Gasteiger partial charge in [0.1, 0.15) is 5.76 Å². The molecular formula is C12H14O3. The molecule has 1 aromatic rings. The van der Waals surface area contributed by atoms with Crippen LogP contribution in [0.5, 0.6) is 0 Å². The van der Waals surface area contributed by atoms with Gasteiger partial charge in [0.05, 0.1) is 11.7 Å². The molecule has 0 radical (unpaired) electrons. The number of hydrogen-bond donors (Lipinski definition) is 1. The Morgan fingerprint density at radius 2 is 2.07 bits per heavy atom. The van der Waals surface area contributed by atoms with Gasteiger partial charge in [-0.2, -0.15) is 0 Å². The van der Waals surface area contributed by atoms with E-state index in [4.69, 9.17) is 9.84 Å². The molecule has 3 nitrogen and oxygen atoms in total. The third-order valence-electron chi connectivity index (χ3n) is 1.77. The van der Waals surface area contributed by atoms with Crippen LogP contribution in [0.15, 0.2) is 42.7 Å². The molecule has 0 spiro atoms. The SMILES string of the molecule is C=C(CC(C)O)OC(=O)c1ccccc1. The Labute approximate surface area is 89.0 Å². The molecule has 3 heteroatoms. The molecule has 1 unspecified atom stereocenters. The van der Waals surface area contributed by atoms with Crippen LogP contribution in [0.4, 0.5) is 0 Å². The van der Waals surface area contributed by atoms with Gasteiger partial charge in [0.2, 0.25) is 0 Å². The topological polar surface area (TPSA) is 46.5 Å². The minimum Gasteiger partial charge on any atom is -0.428 e. The molecule has 1 rings (SSSR count). The highest BCUT2D eigenvalue weighted by molar-refractivity contribution is 5.89. The minimum absolute atomic E-state index is 0.262. The van der Waals surface area contributed by atoms with E-state index in [0.29, 0.717) is 5.56 Å². The monoisotopic (exact) mass is 206 g/mol. The maximum absolute atomic E-state index is 11.5. The van der Waals surface area contributed by atoms with Crippen molar-refractivity contribution in [2.75, 3.05) is 0 Å². The van der Waals surface area contributed by atoms with Gasteiger partial charge >= 0.3 is 5.97 Å². The maximum Gasteiger partial charge on any atom is 0.343 e. The van der Waals surface area contributed by atoms with Crippen molar-refractivity contribution in [3.8, 4) is 0 Å². The summed E-state index contributed by atoms with van der Waals surface area (Å²) in [5, 5.41) is 9.05. The second-order valence-corrected chi connectivity index (χ2v) is 3.35. The van der Waals surface area contributed by atoms with E-state index in [1.165, 1.54) is 0 Å². The van der Waals surface area contributed by atoms with Crippen LogP contribution >= 0.6 is 0 Å². The highest BCUT2D eigenvalue weighted by Crippen LogP contribution is 2.09. The number of aliphatic hydroxyl groups excluding tert-OH is 1. The molecule has 1 N–H and O–H groups in total. The van der Waals surface area contributed by atoms with E-state index >= 15 is 0 Å². The molecule has 0 saturated carbocycles. The van der Waals surface area contributed by atoms with E-state index in [2.05, 4.69) is 6.58 Å². The number of rotatable bonds is 4. The third kappa shape index (κ3) is 3.95. The molecule has 0 aromatic heterocycles. The normalized spacial score (nSPS) is 11.9. The lowest BCUT2D eigenvalue weighted by atomic mass is 10.2. The first kappa shape index (κ1) is 11.5. The summed E-state index contributed by atoms with van der Waals surface area (Å²) in [5.74, 6) is -0.167. The van der Waals surface area contributed by atoms with Gasteiger partial charge in [0.15, 0.2) is 0 Å². The van der Waals surface area contributed by atoms with Crippen molar-refractivity contribution in [2.24, 2.45) is 0 Å². The molecule has 0 fully saturated rings. The summed E-state index contributed by atoms with van der Waals surface area (Å²) in [6.07, 6.45) is -0.292. The standard InChI is InChI=1S/C12H14O3/c1-9(13)8-10(2)15-12(14)11-6-4-3-5-7-11/h3-7,9,13H,2,8H2,1H3. The summed E-state index contributed by atoms with van der Waals surface area (Å²) in [5.41, 5.74) is 0.476. The smallest absolute Gasteiger partial charge is 0.343 e. The Morgan fingerprint density at radius 1 is 1.47 bits per heavy atom. The number of carbonyl (C=O) groups is 1. The molecule has 80 valence electrons. The van der Waals surface area contributed by atoms with Crippen molar-refractivity contribution in [1.29, 1.82) is 0 Å². The van der Waals surface area contributed by atoms with Crippen LogP contribution in [0.1, 0.15) is 23.7 Å². The zero-order chi connectivity index (χ0) is 11.3. The summed E-state index contributed by atoms with van der Waals surface area (Å²) >= 11 is 0. The van der Waals surface area contributed by atoms with Crippen LogP contribution < -0.4 is 0 Å². The number of hydrogen-bond acceptors (Lipinski definition) is 3. The maximum atomic E-state index is 11.5. The van der Waals surface area contributed by atoms with E-state index in [1.54, 1.807) is 31.2 Å². The molecule has 15 heavy (non-hydrogen) atoms. The van der Waals surface area contributed by atoms with Crippen molar-refractivity contribution in [2.45, 2.75) is 19.4 Å². The van der Waals surface area contributed by atoms with Crippen LogP contribution in [0, 0.1) is 0 Å². The Morgan fingerprint density at radius 3 is 2.60 bits per heavy atom. The van der Waals surface area contributed by atoms with Crippen molar-refractivity contribution < 1.29 is 14.6 Å². The lowest BCUT2D eigenvalue weighted by molar-refractivity contribution is 0.0590. The minimum atomic E-state index is -0.555. The lowest BCUT2D eigenvalue weighted by Gasteiger charge is -2.08. The quantitative estimate of drug-likeness (QED) is 0.606. The Bertz CT molecular complexity index is 341. The molecule has 0 aliphatic rings. The summed E-state index contributed by atoms with van der Waals surface area (Å²) in [4.78, 5) is 11.5. The first-order chi connectivity index (χ1) is 7.09. The molecule has 0 heterocycles. The van der Waals surface area contributed by atoms with Crippen molar-refractivity contribution in [1.82, 2.24) is 0 Å². The van der Waals surface area contributed by atoms with Crippen LogP contribution in [-0.2, 0) is 4.74 Å².